The lowest BCUT2D eigenvalue weighted by Crippen LogP contribution is -2.30. The molecule has 3 aromatic rings. The van der Waals surface area contributed by atoms with Crippen LogP contribution in [0.15, 0.2) is 65.1 Å². The summed E-state index contributed by atoms with van der Waals surface area (Å²) >= 11 is 3.34. The Labute approximate surface area is 178 Å². The minimum atomic E-state index is -0.663. The number of halogens is 1. The van der Waals surface area contributed by atoms with Crippen molar-refractivity contribution in [3.8, 4) is 17.2 Å². The summed E-state index contributed by atoms with van der Waals surface area (Å²) in [5, 5.41) is 11.5. The highest BCUT2D eigenvalue weighted by atomic mass is 79.9. The van der Waals surface area contributed by atoms with Crippen LogP contribution in [0.25, 0.3) is 0 Å². The second-order valence-corrected chi connectivity index (χ2v) is 7.24. The minimum absolute atomic E-state index is 0.111. The number of hydrogen-bond donors (Lipinski definition) is 0. The monoisotopic (exact) mass is 468 g/mol. The number of rotatable bonds is 5. The minimum Gasteiger partial charge on any atom is -0.496 e. The first kappa shape index (κ1) is 19.6. The molecule has 1 heterocycles. The second-order valence-electron chi connectivity index (χ2n) is 6.32. The second kappa shape index (κ2) is 7.60. The standard InChI is InChI=1S/C21H13BrN2O6/c1-29-14-7-9-18(19(11-14)24(27)28)23-20(25)16-8-6-15(10-17(16)21(23)26)30-13-4-2-12(22)3-5-13/h2-11H,1H3. The van der Waals surface area contributed by atoms with Gasteiger partial charge >= 0.3 is 0 Å². The van der Waals surface area contributed by atoms with E-state index in [1.807, 2.05) is 12.1 Å². The molecular weight excluding hydrogens is 456 g/mol. The molecule has 1 aliphatic heterocycles. The Morgan fingerprint density at radius 2 is 1.50 bits per heavy atom. The van der Waals surface area contributed by atoms with Crippen LogP contribution in [0.2, 0.25) is 0 Å². The van der Waals surface area contributed by atoms with Crippen LogP contribution in [0.5, 0.6) is 17.2 Å². The van der Waals surface area contributed by atoms with E-state index in [9.17, 15) is 19.7 Å². The lowest BCUT2D eigenvalue weighted by molar-refractivity contribution is -0.384. The van der Waals surface area contributed by atoms with Crippen molar-refractivity contribution >= 4 is 39.1 Å². The highest BCUT2D eigenvalue weighted by molar-refractivity contribution is 9.10. The third-order valence-corrected chi connectivity index (χ3v) is 5.06. The Kier molecular flexibility index (Phi) is 4.96. The van der Waals surface area contributed by atoms with Gasteiger partial charge in [0.2, 0.25) is 0 Å². The number of benzene rings is 3. The average Bonchev–Trinajstić information content (AvgIpc) is 2.99. The number of ether oxygens (including phenoxy) is 2. The Morgan fingerprint density at radius 1 is 0.867 bits per heavy atom. The maximum Gasteiger partial charge on any atom is 0.297 e. The quantitative estimate of drug-likeness (QED) is 0.298. The first-order valence-corrected chi connectivity index (χ1v) is 9.47. The molecule has 9 heteroatoms. The van der Waals surface area contributed by atoms with Crippen molar-refractivity contribution in [2.75, 3.05) is 12.0 Å². The van der Waals surface area contributed by atoms with Crippen molar-refractivity contribution in [2.45, 2.75) is 0 Å². The molecule has 150 valence electrons. The molecule has 0 unspecified atom stereocenters. The zero-order valence-corrected chi connectivity index (χ0v) is 17.1. The van der Waals surface area contributed by atoms with Gasteiger partial charge < -0.3 is 9.47 Å². The Bertz CT molecular complexity index is 1190. The lowest BCUT2D eigenvalue weighted by Gasteiger charge is -2.14. The molecule has 0 aromatic heterocycles. The van der Waals surface area contributed by atoms with Gasteiger partial charge in [-0.15, -0.1) is 0 Å². The van der Waals surface area contributed by atoms with Crippen LogP contribution in [0, 0.1) is 10.1 Å². The van der Waals surface area contributed by atoms with Crippen LogP contribution < -0.4 is 14.4 Å². The van der Waals surface area contributed by atoms with Crippen LogP contribution in [0.3, 0.4) is 0 Å². The molecule has 0 N–H and O–H groups in total. The number of hydrogen-bond acceptors (Lipinski definition) is 6. The molecule has 0 fully saturated rings. The van der Waals surface area contributed by atoms with Crippen molar-refractivity contribution in [3.05, 3.63) is 86.4 Å². The van der Waals surface area contributed by atoms with E-state index in [4.69, 9.17) is 9.47 Å². The first-order valence-electron chi connectivity index (χ1n) is 8.67. The van der Waals surface area contributed by atoms with E-state index in [1.54, 1.807) is 18.2 Å². The first-order chi connectivity index (χ1) is 14.4. The van der Waals surface area contributed by atoms with E-state index in [0.717, 1.165) is 9.37 Å². The number of nitro groups is 1. The smallest absolute Gasteiger partial charge is 0.297 e. The van der Waals surface area contributed by atoms with Crippen LogP contribution in [0.4, 0.5) is 11.4 Å². The summed E-state index contributed by atoms with van der Waals surface area (Å²) in [6.45, 7) is 0. The number of carbonyl (C=O) groups is 2. The fourth-order valence-electron chi connectivity index (χ4n) is 3.11. The molecule has 3 aromatic carbocycles. The van der Waals surface area contributed by atoms with Crippen LogP contribution >= 0.6 is 15.9 Å². The van der Waals surface area contributed by atoms with Gasteiger partial charge in [-0.05, 0) is 54.6 Å². The van der Waals surface area contributed by atoms with Gasteiger partial charge in [0.05, 0.1) is 29.2 Å². The van der Waals surface area contributed by atoms with E-state index in [1.165, 1.54) is 37.4 Å². The molecule has 0 aliphatic carbocycles. The van der Waals surface area contributed by atoms with Crippen molar-refractivity contribution in [1.29, 1.82) is 0 Å². The van der Waals surface area contributed by atoms with Crippen LogP contribution in [-0.2, 0) is 0 Å². The molecule has 0 atom stereocenters. The van der Waals surface area contributed by atoms with Crippen molar-refractivity contribution < 1.29 is 24.0 Å². The van der Waals surface area contributed by atoms with Crippen molar-refractivity contribution in [1.82, 2.24) is 0 Å². The number of amides is 2. The number of anilines is 1. The zero-order chi connectivity index (χ0) is 21.4. The van der Waals surface area contributed by atoms with Crippen molar-refractivity contribution in [3.63, 3.8) is 0 Å². The highest BCUT2D eigenvalue weighted by Crippen LogP contribution is 2.38. The summed E-state index contributed by atoms with van der Waals surface area (Å²) in [4.78, 5) is 37.5. The largest absolute Gasteiger partial charge is 0.496 e. The van der Waals surface area contributed by atoms with E-state index in [-0.39, 0.29) is 22.6 Å². The number of nitrogens with zero attached hydrogens (tertiary/aromatic N) is 2. The fourth-order valence-corrected chi connectivity index (χ4v) is 3.37. The van der Waals surface area contributed by atoms with Gasteiger partial charge in [0.25, 0.3) is 17.5 Å². The molecule has 1 aliphatic rings. The topological polar surface area (TPSA) is 99.0 Å². The number of methoxy groups -OCH3 is 1. The normalized spacial score (nSPS) is 12.7. The van der Waals surface area contributed by atoms with E-state index < -0.39 is 22.4 Å². The summed E-state index contributed by atoms with van der Waals surface area (Å²) in [6.07, 6.45) is 0. The van der Waals surface area contributed by atoms with E-state index in [0.29, 0.717) is 11.5 Å². The number of fused-ring (bicyclic) bond motifs is 1. The van der Waals surface area contributed by atoms with Gasteiger partial charge in [-0.1, -0.05) is 15.9 Å². The Hall–Kier alpha value is -3.72. The summed E-state index contributed by atoms with van der Waals surface area (Å²) < 4.78 is 11.6. The third kappa shape index (κ3) is 3.39. The molecule has 30 heavy (non-hydrogen) atoms. The Balaban J connectivity index is 1.70. The fraction of sp³-hybridized carbons (Fsp3) is 0.0476. The molecule has 0 bridgehead atoms. The summed E-state index contributed by atoms with van der Waals surface area (Å²) in [5.74, 6) is -0.143. The maximum absolute atomic E-state index is 13.0. The van der Waals surface area contributed by atoms with Gasteiger partial charge in [-0.3, -0.25) is 19.7 Å². The summed E-state index contributed by atoms with van der Waals surface area (Å²) in [6, 6.07) is 15.5. The molecule has 0 saturated carbocycles. The van der Waals surface area contributed by atoms with Gasteiger partial charge in [0.1, 0.15) is 22.9 Å². The number of imide groups is 1. The SMILES string of the molecule is COc1ccc(N2C(=O)c3ccc(Oc4ccc(Br)cc4)cc3C2=O)c([N+](=O)[O-])c1. The van der Waals surface area contributed by atoms with E-state index in [2.05, 4.69) is 15.9 Å². The third-order valence-electron chi connectivity index (χ3n) is 4.53. The summed E-state index contributed by atoms with van der Waals surface area (Å²) in [5.41, 5.74) is -0.273. The zero-order valence-electron chi connectivity index (χ0n) is 15.5. The molecule has 0 saturated heterocycles. The molecule has 0 radical (unpaired) electrons. The molecule has 2 amide bonds. The predicted octanol–water partition coefficient (Wildman–Crippen LogP) is 4.96. The van der Waals surface area contributed by atoms with Gasteiger partial charge in [0, 0.05) is 4.47 Å². The molecular formula is C21H13BrN2O6. The van der Waals surface area contributed by atoms with Gasteiger partial charge in [-0.25, -0.2) is 4.90 Å². The maximum atomic E-state index is 13.0. The molecule has 4 rings (SSSR count). The van der Waals surface area contributed by atoms with Crippen molar-refractivity contribution in [2.24, 2.45) is 0 Å². The van der Waals surface area contributed by atoms with Gasteiger partial charge in [-0.2, -0.15) is 0 Å². The average molecular weight is 469 g/mol. The summed E-state index contributed by atoms with van der Waals surface area (Å²) in [7, 11) is 1.37. The lowest BCUT2D eigenvalue weighted by atomic mass is 10.1. The van der Waals surface area contributed by atoms with Crippen LogP contribution in [-0.4, -0.2) is 23.8 Å². The number of carbonyl (C=O) groups excluding carboxylic acids is 2. The Morgan fingerprint density at radius 3 is 2.17 bits per heavy atom. The number of nitro benzene ring substituents is 1. The van der Waals surface area contributed by atoms with Gasteiger partial charge in [0.15, 0.2) is 0 Å². The molecule has 8 nitrogen and oxygen atoms in total. The molecule has 0 spiro atoms. The highest BCUT2D eigenvalue weighted by Gasteiger charge is 2.40. The predicted molar refractivity (Wildman–Crippen MR) is 111 cm³/mol. The van der Waals surface area contributed by atoms with E-state index >= 15 is 0 Å². The van der Waals surface area contributed by atoms with Crippen LogP contribution in [0.1, 0.15) is 20.7 Å².